The van der Waals surface area contributed by atoms with Gasteiger partial charge in [-0.15, -0.1) is 0 Å². The molecule has 0 aliphatic rings. The van der Waals surface area contributed by atoms with Gasteiger partial charge in [-0.2, -0.15) is 13.2 Å². The number of aromatic nitrogens is 1. The van der Waals surface area contributed by atoms with E-state index in [9.17, 15) is 18.0 Å². The molecule has 1 aromatic carbocycles. The van der Waals surface area contributed by atoms with Gasteiger partial charge in [-0.05, 0) is 61.1 Å². The van der Waals surface area contributed by atoms with Crippen molar-refractivity contribution in [3.63, 3.8) is 0 Å². The summed E-state index contributed by atoms with van der Waals surface area (Å²) in [6, 6.07) is 7.34. The van der Waals surface area contributed by atoms with Gasteiger partial charge >= 0.3 is 6.18 Å². The molecule has 2 rings (SSSR count). The number of rotatable bonds is 16. The lowest BCUT2D eigenvalue weighted by Gasteiger charge is -2.16. The van der Waals surface area contributed by atoms with Crippen LogP contribution in [-0.2, 0) is 15.7 Å². The number of alkyl halides is 3. The molecule has 2 aromatic rings. The molecule has 0 saturated carbocycles. The number of ether oxygens (including phenoxy) is 2. The Kier molecular flexibility index (Phi) is 12.2. The topological polar surface area (TPSA) is 48.4 Å². The van der Waals surface area contributed by atoms with E-state index >= 15 is 0 Å². The van der Waals surface area contributed by atoms with Gasteiger partial charge in [0.05, 0.1) is 18.8 Å². The summed E-state index contributed by atoms with van der Waals surface area (Å²) in [7, 11) is 0. The van der Waals surface area contributed by atoms with E-state index < -0.39 is 11.7 Å². The normalized spacial score (nSPS) is 11.9. The first-order valence-corrected chi connectivity index (χ1v) is 12.4. The largest absolute Gasteiger partial charge is 0.478 e. The molecule has 0 spiro atoms. The Morgan fingerprint density at radius 1 is 1.00 bits per heavy atom. The highest BCUT2D eigenvalue weighted by Gasteiger charge is 2.33. The van der Waals surface area contributed by atoms with Crippen LogP contribution in [0.2, 0.25) is 0 Å². The number of halogens is 3. The third-order valence-corrected chi connectivity index (χ3v) is 5.88. The van der Waals surface area contributed by atoms with Gasteiger partial charge in [-0.25, -0.2) is 4.98 Å². The molecule has 0 radical (unpaired) electrons. The van der Waals surface area contributed by atoms with Crippen molar-refractivity contribution < 1.29 is 27.4 Å². The van der Waals surface area contributed by atoms with E-state index in [1.54, 1.807) is 25.3 Å². The van der Waals surface area contributed by atoms with Gasteiger partial charge in [0.1, 0.15) is 0 Å². The number of benzene rings is 1. The van der Waals surface area contributed by atoms with Gasteiger partial charge in [-0.1, -0.05) is 68.9 Å². The van der Waals surface area contributed by atoms with Crippen LogP contribution in [0.5, 0.6) is 5.88 Å². The smallest absolute Gasteiger partial charge is 0.417 e. The van der Waals surface area contributed by atoms with E-state index in [1.807, 2.05) is 13.0 Å². The summed E-state index contributed by atoms with van der Waals surface area (Å²) >= 11 is 0. The lowest BCUT2D eigenvalue weighted by Crippen LogP contribution is -2.09. The zero-order chi connectivity index (χ0) is 26.4. The Balaban J connectivity index is 1.87. The Bertz CT molecular complexity index is 1020. The lowest BCUT2D eigenvalue weighted by molar-refractivity contribution is -0.137. The SMILES string of the molecule is C=C(C)/C(=C\c1cnc(OCCCCCCCCCCOC=O)cc1C)c1ccccc1C(F)(F)F. The predicted molar refractivity (Wildman–Crippen MR) is 138 cm³/mol. The molecule has 0 amide bonds. The maximum Gasteiger partial charge on any atom is 0.417 e. The van der Waals surface area contributed by atoms with E-state index in [4.69, 9.17) is 4.74 Å². The molecule has 0 fully saturated rings. The van der Waals surface area contributed by atoms with Crippen molar-refractivity contribution in [2.45, 2.75) is 71.4 Å². The van der Waals surface area contributed by atoms with E-state index in [0.29, 0.717) is 36.7 Å². The number of allylic oxidation sites excluding steroid dienone is 2. The summed E-state index contributed by atoms with van der Waals surface area (Å²) in [5.41, 5.74) is 1.96. The first-order valence-electron chi connectivity index (χ1n) is 12.4. The van der Waals surface area contributed by atoms with Crippen molar-refractivity contribution in [1.82, 2.24) is 4.98 Å². The highest BCUT2D eigenvalue weighted by Crippen LogP contribution is 2.37. The van der Waals surface area contributed by atoms with Crippen molar-refractivity contribution in [3.05, 3.63) is 70.9 Å². The molecule has 0 bridgehead atoms. The number of pyridine rings is 1. The number of hydrogen-bond donors (Lipinski definition) is 0. The third kappa shape index (κ3) is 9.88. The van der Waals surface area contributed by atoms with Crippen LogP contribution in [0.3, 0.4) is 0 Å². The van der Waals surface area contributed by atoms with Gasteiger partial charge in [0, 0.05) is 12.3 Å². The summed E-state index contributed by atoms with van der Waals surface area (Å²) < 4.78 is 51.1. The van der Waals surface area contributed by atoms with Crippen molar-refractivity contribution in [3.8, 4) is 5.88 Å². The van der Waals surface area contributed by atoms with Crippen molar-refractivity contribution in [2.24, 2.45) is 0 Å². The number of carbonyl (C=O) groups excluding carboxylic acids is 1. The van der Waals surface area contributed by atoms with Gasteiger partial charge in [-0.3, -0.25) is 4.79 Å². The molecule has 36 heavy (non-hydrogen) atoms. The molecule has 0 unspecified atom stereocenters. The number of carbonyl (C=O) groups is 1. The monoisotopic (exact) mass is 503 g/mol. The molecule has 0 saturated heterocycles. The summed E-state index contributed by atoms with van der Waals surface area (Å²) in [4.78, 5) is 14.4. The fourth-order valence-corrected chi connectivity index (χ4v) is 3.90. The first kappa shape index (κ1) is 29.1. The molecular formula is C29H36F3NO3. The van der Waals surface area contributed by atoms with E-state index in [-0.39, 0.29) is 5.56 Å². The summed E-state index contributed by atoms with van der Waals surface area (Å²) in [6.45, 7) is 9.05. The molecule has 4 nitrogen and oxygen atoms in total. The molecule has 7 heteroatoms. The average Bonchev–Trinajstić information content (AvgIpc) is 2.83. The third-order valence-electron chi connectivity index (χ3n) is 5.88. The van der Waals surface area contributed by atoms with Gasteiger partial charge in [0.2, 0.25) is 5.88 Å². The minimum atomic E-state index is -4.46. The van der Waals surface area contributed by atoms with Crippen LogP contribution >= 0.6 is 0 Å². The fraction of sp³-hybridized carbons (Fsp3) is 0.448. The number of unbranched alkanes of at least 4 members (excludes halogenated alkanes) is 7. The van der Waals surface area contributed by atoms with Gasteiger partial charge in [0.25, 0.3) is 6.47 Å². The minimum Gasteiger partial charge on any atom is -0.478 e. The van der Waals surface area contributed by atoms with Crippen LogP contribution in [0.25, 0.3) is 11.6 Å². The van der Waals surface area contributed by atoms with Crippen LogP contribution in [0.15, 0.2) is 48.7 Å². The zero-order valence-electron chi connectivity index (χ0n) is 21.2. The first-order chi connectivity index (χ1) is 17.2. The fourth-order valence-electron chi connectivity index (χ4n) is 3.90. The van der Waals surface area contributed by atoms with E-state index in [0.717, 1.165) is 55.7 Å². The molecular weight excluding hydrogens is 467 g/mol. The van der Waals surface area contributed by atoms with E-state index in [1.165, 1.54) is 25.0 Å². The zero-order valence-corrected chi connectivity index (χ0v) is 21.2. The minimum absolute atomic E-state index is 0.101. The average molecular weight is 504 g/mol. The maximum atomic E-state index is 13.5. The van der Waals surface area contributed by atoms with Crippen LogP contribution in [0.4, 0.5) is 13.2 Å². The standard InChI is InChI=1S/C29H36F3NO3/c1-22(2)26(25-14-10-11-15-27(25)29(30,31)32)19-24-20-33-28(18-23(24)3)36-17-13-9-7-5-4-6-8-12-16-35-21-34/h10-11,14-15,18-21H,1,4-9,12-13,16-17H2,2-3H3/b26-19+. The quantitative estimate of drug-likeness (QED) is 0.132. The van der Waals surface area contributed by atoms with Crippen LogP contribution in [0.1, 0.15) is 80.5 Å². The van der Waals surface area contributed by atoms with Crippen molar-refractivity contribution in [2.75, 3.05) is 13.2 Å². The Morgan fingerprint density at radius 2 is 1.61 bits per heavy atom. The second kappa shape index (κ2) is 15.1. The molecule has 196 valence electrons. The van der Waals surface area contributed by atoms with Gasteiger partial charge in [0.15, 0.2) is 0 Å². The van der Waals surface area contributed by atoms with Crippen LogP contribution in [-0.4, -0.2) is 24.7 Å². The van der Waals surface area contributed by atoms with Gasteiger partial charge < -0.3 is 9.47 Å². The summed E-state index contributed by atoms with van der Waals surface area (Å²) in [5, 5.41) is 0. The lowest BCUT2D eigenvalue weighted by atomic mass is 9.93. The van der Waals surface area contributed by atoms with E-state index in [2.05, 4.69) is 16.3 Å². The second-order valence-corrected chi connectivity index (χ2v) is 8.90. The van der Waals surface area contributed by atoms with Crippen LogP contribution in [0, 0.1) is 6.92 Å². The summed E-state index contributed by atoms with van der Waals surface area (Å²) in [6.07, 6.45) is 7.54. The molecule has 0 N–H and O–H groups in total. The van der Waals surface area contributed by atoms with Crippen molar-refractivity contribution >= 4 is 18.1 Å². The van der Waals surface area contributed by atoms with Crippen LogP contribution < -0.4 is 4.74 Å². The highest BCUT2D eigenvalue weighted by molar-refractivity contribution is 5.91. The maximum absolute atomic E-state index is 13.5. The number of aryl methyl sites for hydroxylation is 1. The molecule has 0 aliphatic heterocycles. The Hall–Kier alpha value is -3.09. The molecule has 1 aromatic heterocycles. The predicted octanol–water partition coefficient (Wildman–Crippen LogP) is 8.20. The molecule has 0 atom stereocenters. The Morgan fingerprint density at radius 3 is 2.19 bits per heavy atom. The second-order valence-electron chi connectivity index (χ2n) is 8.90. The number of nitrogens with zero attached hydrogens (tertiary/aromatic N) is 1. The summed E-state index contributed by atoms with van der Waals surface area (Å²) in [5.74, 6) is 0.509. The number of hydrogen-bond acceptors (Lipinski definition) is 4. The molecule has 1 heterocycles. The highest BCUT2D eigenvalue weighted by atomic mass is 19.4. The van der Waals surface area contributed by atoms with Crippen molar-refractivity contribution in [1.29, 1.82) is 0 Å². The molecule has 0 aliphatic carbocycles. The Labute approximate surface area is 212 Å².